The second-order valence-corrected chi connectivity index (χ2v) is 5.46. The van der Waals surface area contributed by atoms with E-state index in [4.69, 9.17) is 0 Å². The fraction of sp³-hybridized carbons (Fsp3) is 0.538. The maximum Gasteiger partial charge on any atom is 0.102 e. The summed E-state index contributed by atoms with van der Waals surface area (Å²) < 4.78 is 1.05. The number of nitrogens with one attached hydrogen (secondary N) is 1. The van der Waals surface area contributed by atoms with E-state index in [1.54, 1.807) is 0 Å². The zero-order chi connectivity index (χ0) is 11.6. The number of benzene rings is 1. The van der Waals surface area contributed by atoms with E-state index >= 15 is 0 Å². The molecule has 0 amide bonds. The lowest BCUT2D eigenvalue weighted by Gasteiger charge is -2.28. The quantitative estimate of drug-likeness (QED) is 0.871. The van der Waals surface area contributed by atoms with Crippen LogP contribution < -0.4 is 5.32 Å². The highest BCUT2D eigenvalue weighted by molar-refractivity contribution is 9.10. The van der Waals surface area contributed by atoms with Gasteiger partial charge in [0.05, 0.1) is 0 Å². The summed E-state index contributed by atoms with van der Waals surface area (Å²) in [5, 5.41) is 14.0. The molecule has 0 heterocycles. The van der Waals surface area contributed by atoms with Gasteiger partial charge in [-0.1, -0.05) is 35.0 Å². The van der Waals surface area contributed by atoms with Crippen LogP contribution >= 0.6 is 15.9 Å². The number of hydrogen-bond acceptors (Lipinski definition) is 2. The van der Waals surface area contributed by atoms with Crippen LogP contribution in [0.4, 0.5) is 0 Å². The molecule has 2 rings (SSSR count). The molecule has 1 fully saturated rings. The standard InChI is InChI=1S/C13H18BrNO/c1-2-13(16,9-15-12-7-8-12)10-3-5-11(14)6-4-10/h3-6,12,15-16H,2,7-9H2,1H3. The van der Waals surface area contributed by atoms with Gasteiger partial charge in [0.15, 0.2) is 0 Å². The molecule has 0 aliphatic heterocycles. The van der Waals surface area contributed by atoms with Gasteiger partial charge in [0, 0.05) is 17.1 Å². The van der Waals surface area contributed by atoms with Crippen LogP contribution in [-0.4, -0.2) is 17.7 Å². The summed E-state index contributed by atoms with van der Waals surface area (Å²) in [6, 6.07) is 8.57. The van der Waals surface area contributed by atoms with E-state index in [2.05, 4.69) is 21.2 Å². The van der Waals surface area contributed by atoms with E-state index in [1.807, 2.05) is 31.2 Å². The molecule has 16 heavy (non-hydrogen) atoms. The molecule has 1 aliphatic carbocycles. The molecule has 1 unspecified atom stereocenters. The van der Waals surface area contributed by atoms with Crippen LogP contribution in [-0.2, 0) is 5.60 Å². The van der Waals surface area contributed by atoms with Crippen LogP contribution in [0.5, 0.6) is 0 Å². The summed E-state index contributed by atoms with van der Waals surface area (Å²) in [6.07, 6.45) is 3.23. The second-order valence-electron chi connectivity index (χ2n) is 4.55. The predicted molar refractivity (Wildman–Crippen MR) is 69.4 cm³/mol. The van der Waals surface area contributed by atoms with Crippen molar-refractivity contribution in [2.24, 2.45) is 0 Å². The van der Waals surface area contributed by atoms with Crippen LogP contribution in [0, 0.1) is 0 Å². The lowest BCUT2D eigenvalue weighted by Crippen LogP contribution is -2.38. The highest BCUT2D eigenvalue weighted by atomic mass is 79.9. The molecule has 1 aromatic rings. The van der Waals surface area contributed by atoms with Crippen molar-refractivity contribution in [2.75, 3.05) is 6.54 Å². The Morgan fingerprint density at radius 3 is 2.50 bits per heavy atom. The monoisotopic (exact) mass is 283 g/mol. The summed E-state index contributed by atoms with van der Waals surface area (Å²) in [5.41, 5.74) is 0.259. The first-order chi connectivity index (χ1) is 7.64. The van der Waals surface area contributed by atoms with Crippen molar-refractivity contribution in [3.63, 3.8) is 0 Å². The molecule has 2 N–H and O–H groups in total. The summed E-state index contributed by atoms with van der Waals surface area (Å²) in [7, 11) is 0. The maximum absolute atomic E-state index is 10.6. The van der Waals surface area contributed by atoms with Crippen LogP contribution in [0.3, 0.4) is 0 Å². The van der Waals surface area contributed by atoms with Crippen LogP contribution in [0.2, 0.25) is 0 Å². The summed E-state index contributed by atoms with van der Waals surface area (Å²) in [6.45, 7) is 2.67. The molecule has 2 nitrogen and oxygen atoms in total. The summed E-state index contributed by atoms with van der Waals surface area (Å²) in [5.74, 6) is 0. The van der Waals surface area contributed by atoms with Crippen molar-refractivity contribution < 1.29 is 5.11 Å². The van der Waals surface area contributed by atoms with Gasteiger partial charge in [-0.3, -0.25) is 0 Å². The third kappa shape index (κ3) is 2.84. The fourth-order valence-electron chi connectivity index (χ4n) is 1.79. The molecule has 0 bridgehead atoms. The van der Waals surface area contributed by atoms with Crippen LogP contribution in [0.25, 0.3) is 0 Å². The average Bonchev–Trinajstić information content (AvgIpc) is 3.11. The molecular formula is C13H18BrNO. The number of hydrogen-bond donors (Lipinski definition) is 2. The van der Waals surface area contributed by atoms with E-state index in [1.165, 1.54) is 12.8 Å². The molecule has 0 spiro atoms. The normalized spacial score (nSPS) is 19.4. The zero-order valence-electron chi connectivity index (χ0n) is 9.54. The van der Waals surface area contributed by atoms with Gasteiger partial charge in [-0.05, 0) is 37.0 Å². The Hall–Kier alpha value is -0.380. The van der Waals surface area contributed by atoms with Crippen LogP contribution in [0.1, 0.15) is 31.7 Å². The fourth-order valence-corrected chi connectivity index (χ4v) is 2.06. The zero-order valence-corrected chi connectivity index (χ0v) is 11.1. The van der Waals surface area contributed by atoms with Crippen molar-refractivity contribution in [1.29, 1.82) is 0 Å². The molecule has 0 radical (unpaired) electrons. The molecule has 1 saturated carbocycles. The first-order valence-corrected chi connectivity index (χ1v) is 6.65. The smallest absolute Gasteiger partial charge is 0.102 e. The van der Waals surface area contributed by atoms with Crippen molar-refractivity contribution in [3.8, 4) is 0 Å². The number of halogens is 1. The highest BCUT2D eigenvalue weighted by Gasteiger charge is 2.30. The first kappa shape index (κ1) is 12.1. The molecule has 88 valence electrons. The lowest BCUT2D eigenvalue weighted by molar-refractivity contribution is 0.0323. The minimum Gasteiger partial charge on any atom is -0.384 e. The van der Waals surface area contributed by atoms with Gasteiger partial charge in [0.25, 0.3) is 0 Å². The molecule has 3 heteroatoms. The molecular weight excluding hydrogens is 266 g/mol. The first-order valence-electron chi connectivity index (χ1n) is 5.86. The second kappa shape index (κ2) is 4.86. The minimum atomic E-state index is -0.733. The SMILES string of the molecule is CCC(O)(CNC1CC1)c1ccc(Br)cc1. The maximum atomic E-state index is 10.6. The molecule has 1 atom stereocenters. The Kier molecular flexibility index (Phi) is 3.67. The van der Waals surface area contributed by atoms with Gasteiger partial charge in [-0.25, -0.2) is 0 Å². The van der Waals surface area contributed by atoms with Gasteiger partial charge in [-0.2, -0.15) is 0 Å². The molecule has 0 aromatic heterocycles. The third-order valence-corrected chi connectivity index (χ3v) is 3.76. The van der Waals surface area contributed by atoms with Crippen molar-refractivity contribution in [3.05, 3.63) is 34.3 Å². The third-order valence-electron chi connectivity index (χ3n) is 3.23. The number of aliphatic hydroxyl groups is 1. The summed E-state index contributed by atoms with van der Waals surface area (Å²) in [4.78, 5) is 0. The van der Waals surface area contributed by atoms with Gasteiger partial charge < -0.3 is 10.4 Å². The predicted octanol–water partition coefficient (Wildman–Crippen LogP) is 2.80. The average molecular weight is 284 g/mol. The molecule has 1 aliphatic rings. The Morgan fingerprint density at radius 2 is 2.00 bits per heavy atom. The van der Waals surface area contributed by atoms with Crippen molar-refractivity contribution in [1.82, 2.24) is 5.32 Å². The van der Waals surface area contributed by atoms with Crippen LogP contribution in [0.15, 0.2) is 28.7 Å². The number of rotatable bonds is 5. The van der Waals surface area contributed by atoms with Gasteiger partial charge in [0.1, 0.15) is 5.60 Å². The minimum absolute atomic E-state index is 0.633. The molecule has 0 saturated heterocycles. The molecule has 1 aromatic carbocycles. The van der Waals surface area contributed by atoms with E-state index in [0.29, 0.717) is 12.6 Å². The summed E-state index contributed by atoms with van der Waals surface area (Å²) >= 11 is 3.41. The van der Waals surface area contributed by atoms with E-state index in [0.717, 1.165) is 16.5 Å². The van der Waals surface area contributed by atoms with Crippen molar-refractivity contribution in [2.45, 2.75) is 37.8 Å². The van der Waals surface area contributed by atoms with Crippen molar-refractivity contribution >= 4 is 15.9 Å². The van der Waals surface area contributed by atoms with E-state index < -0.39 is 5.60 Å². The van der Waals surface area contributed by atoms with Gasteiger partial charge >= 0.3 is 0 Å². The van der Waals surface area contributed by atoms with E-state index in [9.17, 15) is 5.11 Å². The Bertz CT molecular complexity index is 347. The lowest BCUT2D eigenvalue weighted by atomic mass is 9.91. The van der Waals surface area contributed by atoms with E-state index in [-0.39, 0.29) is 0 Å². The Morgan fingerprint density at radius 1 is 1.38 bits per heavy atom. The Labute approximate surface area is 105 Å². The Balaban J connectivity index is 2.08. The largest absolute Gasteiger partial charge is 0.384 e. The topological polar surface area (TPSA) is 32.3 Å². The van der Waals surface area contributed by atoms with Gasteiger partial charge in [-0.15, -0.1) is 0 Å². The van der Waals surface area contributed by atoms with Gasteiger partial charge in [0.2, 0.25) is 0 Å². The highest BCUT2D eigenvalue weighted by Crippen LogP contribution is 2.27.